The SMILES string of the molecule is CCN(C(=O)c1snnc1C(C)C)C(C)CC(=O)O. The third-order valence-corrected chi connectivity index (χ3v) is 3.59. The van der Waals surface area contributed by atoms with Crippen LogP contribution in [-0.4, -0.2) is 44.1 Å². The fourth-order valence-corrected chi connectivity index (χ4v) is 2.65. The molecule has 0 aliphatic rings. The highest BCUT2D eigenvalue weighted by molar-refractivity contribution is 7.08. The summed E-state index contributed by atoms with van der Waals surface area (Å²) in [5.74, 6) is -0.980. The van der Waals surface area contributed by atoms with E-state index in [1.807, 2.05) is 20.8 Å². The van der Waals surface area contributed by atoms with E-state index in [0.717, 1.165) is 11.5 Å². The van der Waals surface area contributed by atoms with E-state index < -0.39 is 5.97 Å². The molecule has 1 amide bonds. The van der Waals surface area contributed by atoms with Crippen LogP contribution in [-0.2, 0) is 4.79 Å². The van der Waals surface area contributed by atoms with Crippen molar-refractivity contribution < 1.29 is 14.7 Å². The molecule has 0 aromatic carbocycles. The number of carbonyl (C=O) groups excluding carboxylic acids is 1. The highest BCUT2D eigenvalue weighted by Crippen LogP contribution is 2.22. The van der Waals surface area contributed by atoms with Crippen molar-refractivity contribution >= 4 is 23.4 Å². The number of aliphatic carboxylic acids is 1. The van der Waals surface area contributed by atoms with Crippen molar-refractivity contribution in [3.8, 4) is 0 Å². The lowest BCUT2D eigenvalue weighted by atomic mass is 10.1. The van der Waals surface area contributed by atoms with E-state index in [0.29, 0.717) is 17.1 Å². The van der Waals surface area contributed by atoms with Gasteiger partial charge in [0.1, 0.15) is 4.88 Å². The summed E-state index contributed by atoms with van der Waals surface area (Å²) in [5, 5.41) is 12.8. The van der Waals surface area contributed by atoms with E-state index in [1.165, 1.54) is 0 Å². The number of hydrogen-bond donors (Lipinski definition) is 1. The second-order valence-corrected chi connectivity index (χ2v) is 5.43. The Hall–Kier alpha value is -1.50. The molecule has 1 unspecified atom stereocenters. The van der Waals surface area contributed by atoms with Gasteiger partial charge in [0.15, 0.2) is 0 Å². The number of hydrogen-bond acceptors (Lipinski definition) is 5. The second-order valence-electron chi connectivity index (χ2n) is 4.68. The van der Waals surface area contributed by atoms with Crippen molar-refractivity contribution in [2.75, 3.05) is 6.54 Å². The fraction of sp³-hybridized carbons (Fsp3) is 0.667. The Morgan fingerprint density at radius 2 is 2.00 bits per heavy atom. The predicted octanol–water partition coefficient (Wildman–Crippen LogP) is 1.99. The minimum atomic E-state index is -0.912. The summed E-state index contributed by atoms with van der Waals surface area (Å²) in [6.45, 7) is 7.93. The first-order valence-corrected chi connectivity index (χ1v) is 7.00. The first kappa shape index (κ1) is 15.6. The third kappa shape index (κ3) is 3.73. The third-order valence-electron chi connectivity index (χ3n) is 2.86. The molecule has 0 saturated carbocycles. The lowest BCUT2D eigenvalue weighted by molar-refractivity contribution is -0.138. The Balaban J connectivity index is 2.95. The van der Waals surface area contributed by atoms with Crippen LogP contribution in [0, 0.1) is 0 Å². The summed E-state index contributed by atoms with van der Waals surface area (Å²) in [4.78, 5) is 25.3. The highest BCUT2D eigenvalue weighted by Gasteiger charge is 2.27. The van der Waals surface area contributed by atoms with E-state index in [2.05, 4.69) is 9.59 Å². The molecule has 0 saturated heterocycles. The standard InChI is InChI=1S/C12H19N3O3S/c1-5-15(8(4)6-9(16)17)12(18)11-10(7(2)3)13-14-19-11/h7-8H,5-6H2,1-4H3,(H,16,17). The Bertz CT molecular complexity index is 459. The summed E-state index contributed by atoms with van der Waals surface area (Å²) in [6, 6.07) is -0.350. The molecule has 1 aromatic rings. The van der Waals surface area contributed by atoms with Crippen molar-refractivity contribution in [2.45, 2.75) is 46.1 Å². The molecule has 6 nitrogen and oxygen atoms in total. The summed E-state index contributed by atoms with van der Waals surface area (Å²) in [6.07, 6.45) is -0.0666. The smallest absolute Gasteiger partial charge is 0.305 e. The summed E-state index contributed by atoms with van der Waals surface area (Å²) >= 11 is 1.07. The molecule has 1 atom stereocenters. The minimum Gasteiger partial charge on any atom is -0.481 e. The number of nitrogens with zero attached hydrogens (tertiary/aromatic N) is 3. The van der Waals surface area contributed by atoms with Gasteiger partial charge in [0.2, 0.25) is 0 Å². The lowest BCUT2D eigenvalue weighted by Crippen LogP contribution is -2.39. The van der Waals surface area contributed by atoms with Crippen LogP contribution < -0.4 is 0 Å². The molecule has 0 aliphatic heterocycles. The van der Waals surface area contributed by atoms with E-state index in [9.17, 15) is 9.59 Å². The molecule has 1 aromatic heterocycles. The van der Waals surface area contributed by atoms with E-state index in [-0.39, 0.29) is 24.3 Å². The van der Waals surface area contributed by atoms with Crippen LogP contribution in [0.1, 0.15) is 55.4 Å². The molecule has 1 heterocycles. The van der Waals surface area contributed by atoms with Crippen molar-refractivity contribution in [1.29, 1.82) is 0 Å². The van der Waals surface area contributed by atoms with Gasteiger partial charge in [0.05, 0.1) is 12.1 Å². The number of carbonyl (C=O) groups is 2. The second kappa shape index (κ2) is 6.60. The van der Waals surface area contributed by atoms with Gasteiger partial charge in [0, 0.05) is 12.6 Å². The zero-order valence-electron chi connectivity index (χ0n) is 11.6. The average molecular weight is 285 g/mol. The summed E-state index contributed by atoms with van der Waals surface area (Å²) in [7, 11) is 0. The van der Waals surface area contributed by atoms with Crippen LogP contribution in [0.3, 0.4) is 0 Å². The van der Waals surface area contributed by atoms with Crippen LogP contribution in [0.15, 0.2) is 0 Å². The molecule has 7 heteroatoms. The van der Waals surface area contributed by atoms with Gasteiger partial charge in [-0.1, -0.05) is 18.3 Å². The molecule has 0 fully saturated rings. The van der Waals surface area contributed by atoms with E-state index >= 15 is 0 Å². The number of carboxylic acids is 1. The van der Waals surface area contributed by atoms with Crippen molar-refractivity contribution in [2.24, 2.45) is 0 Å². The summed E-state index contributed by atoms with van der Waals surface area (Å²) < 4.78 is 3.83. The molecule has 0 spiro atoms. The van der Waals surface area contributed by atoms with E-state index in [1.54, 1.807) is 11.8 Å². The van der Waals surface area contributed by atoms with Crippen molar-refractivity contribution in [3.63, 3.8) is 0 Å². The molecule has 0 aliphatic carbocycles. The zero-order chi connectivity index (χ0) is 14.6. The molecular formula is C12H19N3O3S. The Morgan fingerprint density at radius 3 is 2.47 bits per heavy atom. The number of aromatic nitrogens is 2. The molecule has 106 valence electrons. The number of rotatable bonds is 6. The Morgan fingerprint density at radius 1 is 1.37 bits per heavy atom. The average Bonchev–Trinajstić information content (AvgIpc) is 2.77. The first-order chi connectivity index (χ1) is 8.88. The Labute approximate surface area is 116 Å². The maximum atomic E-state index is 12.4. The van der Waals surface area contributed by atoms with Crippen molar-refractivity contribution in [1.82, 2.24) is 14.5 Å². The van der Waals surface area contributed by atoms with Crippen molar-refractivity contribution in [3.05, 3.63) is 10.6 Å². The number of carboxylic acid groups (broad SMARTS) is 1. The Kier molecular flexibility index (Phi) is 5.41. The van der Waals surface area contributed by atoms with Crippen LogP contribution in [0.2, 0.25) is 0 Å². The molecule has 0 radical (unpaired) electrons. The molecule has 1 N–H and O–H groups in total. The van der Waals surface area contributed by atoms with Gasteiger partial charge < -0.3 is 10.0 Å². The minimum absolute atomic E-state index is 0.0666. The normalized spacial score (nSPS) is 12.5. The maximum Gasteiger partial charge on any atom is 0.305 e. The van der Waals surface area contributed by atoms with Gasteiger partial charge in [-0.25, -0.2) is 0 Å². The molecule has 0 bridgehead atoms. The topological polar surface area (TPSA) is 83.4 Å². The van der Waals surface area contributed by atoms with Crippen LogP contribution in [0.5, 0.6) is 0 Å². The van der Waals surface area contributed by atoms with E-state index in [4.69, 9.17) is 5.11 Å². The van der Waals surface area contributed by atoms with Crippen LogP contribution >= 0.6 is 11.5 Å². The monoisotopic (exact) mass is 285 g/mol. The van der Waals surface area contributed by atoms with Gasteiger partial charge in [0.25, 0.3) is 5.91 Å². The largest absolute Gasteiger partial charge is 0.481 e. The lowest BCUT2D eigenvalue weighted by Gasteiger charge is -2.26. The van der Waals surface area contributed by atoms with Gasteiger partial charge in [-0.2, -0.15) is 0 Å². The van der Waals surface area contributed by atoms with Gasteiger partial charge in [-0.05, 0) is 31.3 Å². The number of amides is 1. The van der Waals surface area contributed by atoms with Gasteiger partial charge in [-0.15, -0.1) is 5.10 Å². The fourth-order valence-electron chi connectivity index (χ4n) is 1.87. The van der Waals surface area contributed by atoms with Gasteiger partial charge in [-0.3, -0.25) is 9.59 Å². The van der Waals surface area contributed by atoms with Gasteiger partial charge >= 0.3 is 5.97 Å². The first-order valence-electron chi connectivity index (χ1n) is 6.23. The predicted molar refractivity (Wildman–Crippen MR) is 72.4 cm³/mol. The molecule has 19 heavy (non-hydrogen) atoms. The van der Waals surface area contributed by atoms with Crippen LogP contribution in [0.25, 0.3) is 0 Å². The molecular weight excluding hydrogens is 266 g/mol. The zero-order valence-corrected chi connectivity index (χ0v) is 12.4. The highest BCUT2D eigenvalue weighted by atomic mass is 32.1. The quantitative estimate of drug-likeness (QED) is 0.864. The molecule has 1 rings (SSSR count). The summed E-state index contributed by atoms with van der Waals surface area (Å²) in [5.41, 5.74) is 0.677. The van der Waals surface area contributed by atoms with Crippen LogP contribution in [0.4, 0.5) is 0 Å². The maximum absolute atomic E-state index is 12.4.